The molecule has 0 spiro atoms. The summed E-state index contributed by atoms with van der Waals surface area (Å²) in [5.41, 5.74) is 3.05. The molecule has 3 aromatic heterocycles. The molecule has 7 heteroatoms. The van der Waals surface area contributed by atoms with Crippen molar-refractivity contribution in [2.75, 3.05) is 5.32 Å². The normalized spacial score (nSPS) is 10.9. The number of carbonyl (C=O) groups excluding carboxylic acids is 1. The monoisotopic (exact) mass is 346 g/mol. The zero-order valence-corrected chi connectivity index (χ0v) is 14.1. The van der Waals surface area contributed by atoms with Gasteiger partial charge in [0, 0.05) is 23.5 Å². The number of aryl methyl sites for hydroxylation is 1. The minimum Gasteiger partial charge on any atom is -0.361 e. The molecule has 0 aliphatic heterocycles. The summed E-state index contributed by atoms with van der Waals surface area (Å²) in [6, 6.07) is 11.8. The van der Waals surface area contributed by atoms with Crippen molar-refractivity contribution in [3.8, 4) is 5.82 Å². The Morgan fingerprint density at radius 3 is 2.92 bits per heavy atom. The van der Waals surface area contributed by atoms with Crippen molar-refractivity contribution in [3.05, 3.63) is 67.0 Å². The number of carbonyl (C=O) groups is 1. The van der Waals surface area contributed by atoms with Crippen molar-refractivity contribution in [2.24, 2.45) is 0 Å². The van der Waals surface area contributed by atoms with E-state index in [4.69, 9.17) is 0 Å². The van der Waals surface area contributed by atoms with E-state index in [1.807, 2.05) is 24.4 Å². The number of hydrogen-bond donors (Lipinski definition) is 2. The van der Waals surface area contributed by atoms with Crippen molar-refractivity contribution in [1.82, 2.24) is 24.7 Å². The third-order valence-corrected chi connectivity index (χ3v) is 4.21. The lowest BCUT2D eigenvalue weighted by atomic mass is 10.1. The van der Waals surface area contributed by atoms with Gasteiger partial charge in [0.05, 0.1) is 11.9 Å². The van der Waals surface area contributed by atoms with Crippen LogP contribution in [0.25, 0.3) is 16.7 Å². The van der Waals surface area contributed by atoms with Gasteiger partial charge in [-0.15, -0.1) is 0 Å². The predicted molar refractivity (Wildman–Crippen MR) is 99.0 cm³/mol. The van der Waals surface area contributed by atoms with Gasteiger partial charge in [-0.1, -0.05) is 18.2 Å². The molecule has 0 atom stereocenters. The fourth-order valence-corrected chi connectivity index (χ4v) is 2.92. The van der Waals surface area contributed by atoms with Crippen molar-refractivity contribution in [2.45, 2.75) is 19.3 Å². The zero-order valence-electron chi connectivity index (χ0n) is 14.1. The first-order valence-electron chi connectivity index (χ1n) is 8.45. The van der Waals surface area contributed by atoms with Gasteiger partial charge in [0.25, 0.3) is 0 Å². The summed E-state index contributed by atoms with van der Waals surface area (Å²) in [5, 5.41) is 8.12. The first-order chi connectivity index (χ1) is 12.8. The smallest absolute Gasteiger partial charge is 0.224 e. The minimum absolute atomic E-state index is 0.0138. The number of para-hydroxylation sites is 1. The summed E-state index contributed by atoms with van der Waals surface area (Å²) in [7, 11) is 0. The number of anilines is 1. The van der Waals surface area contributed by atoms with Crippen LogP contribution in [0, 0.1) is 0 Å². The second kappa shape index (κ2) is 7.18. The number of aromatic nitrogens is 5. The maximum atomic E-state index is 12.1. The van der Waals surface area contributed by atoms with E-state index >= 15 is 0 Å². The number of hydrogen-bond acceptors (Lipinski definition) is 4. The lowest BCUT2D eigenvalue weighted by Crippen LogP contribution is -2.12. The first kappa shape index (κ1) is 16.0. The van der Waals surface area contributed by atoms with Gasteiger partial charge in [-0.05, 0) is 36.6 Å². The SMILES string of the molecule is O=C(CCCc1c[nH]c2ccccc12)Nc1ccc(-n2cncn2)nc1. The molecule has 0 aliphatic carbocycles. The van der Waals surface area contributed by atoms with E-state index < -0.39 is 0 Å². The molecule has 1 amide bonds. The molecule has 4 aromatic rings. The topological polar surface area (TPSA) is 88.5 Å². The van der Waals surface area contributed by atoms with Crippen LogP contribution in [0.2, 0.25) is 0 Å². The maximum Gasteiger partial charge on any atom is 0.224 e. The Kier molecular flexibility index (Phi) is 4.42. The molecule has 0 saturated heterocycles. The van der Waals surface area contributed by atoms with E-state index in [1.54, 1.807) is 23.3 Å². The van der Waals surface area contributed by atoms with E-state index in [0.29, 0.717) is 17.9 Å². The number of H-pyrrole nitrogens is 1. The Labute approximate surface area is 150 Å². The van der Waals surface area contributed by atoms with E-state index in [-0.39, 0.29) is 5.91 Å². The molecular formula is C19H18N6O. The van der Waals surface area contributed by atoms with Gasteiger partial charge >= 0.3 is 0 Å². The highest BCUT2D eigenvalue weighted by atomic mass is 16.1. The fourth-order valence-electron chi connectivity index (χ4n) is 2.92. The van der Waals surface area contributed by atoms with Gasteiger partial charge in [0.2, 0.25) is 5.91 Å². The van der Waals surface area contributed by atoms with E-state index in [0.717, 1.165) is 18.4 Å². The number of fused-ring (bicyclic) bond motifs is 1. The van der Waals surface area contributed by atoms with Crippen molar-refractivity contribution >= 4 is 22.5 Å². The molecule has 0 bridgehead atoms. The van der Waals surface area contributed by atoms with Gasteiger partial charge < -0.3 is 10.3 Å². The van der Waals surface area contributed by atoms with Crippen LogP contribution in [0.4, 0.5) is 5.69 Å². The maximum absolute atomic E-state index is 12.1. The van der Waals surface area contributed by atoms with Gasteiger partial charge in [-0.25, -0.2) is 14.6 Å². The van der Waals surface area contributed by atoms with Crippen LogP contribution in [0.5, 0.6) is 0 Å². The van der Waals surface area contributed by atoms with Gasteiger partial charge in [-0.2, -0.15) is 5.10 Å². The summed E-state index contributed by atoms with van der Waals surface area (Å²) in [4.78, 5) is 23.6. The molecule has 1 aromatic carbocycles. The van der Waals surface area contributed by atoms with Crippen LogP contribution in [-0.2, 0) is 11.2 Å². The zero-order chi connectivity index (χ0) is 17.8. The largest absolute Gasteiger partial charge is 0.361 e. The molecule has 0 fully saturated rings. The molecule has 26 heavy (non-hydrogen) atoms. The Morgan fingerprint density at radius 1 is 1.19 bits per heavy atom. The molecule has 0 radical (unpaired) electrons. The number of benzene rings is 1. The van der Waals surface area contributed by atoms with Crippen LogP contribution in [-0.4, -0.2) is 30.6 Å². The molecule has 7 nitrogen and oxygen atoms in total. The Balaban J connectivity index is 1.30. The molecule has 2 N–H and O–H groups in total. The lowest BCUT2D eigenvalue weighted by Gasteiger charge is -2.06. The summed E-state index contributed by atoms with van der Waals surface area (Å²) < 4.78 is 1.56. The highest BCUT2D eigenvalue weighted by Crippen LogP contribution is 2.19. The van der Waals surface area contributed by atoms with Gasteiger partial charge in [-0.3, -0.25) is 4.79 Å². The second-order valence-corrected chi connectivity index (χ2v) is 6.01. The molecule has 3 heterocycles. The number of rotatable bonds is 6. The number of aromatic amines is 1. The highest BCUT2D eigenvalue weighted by molar-refractivity contribution is 5.90. The van der Waals surface area contributed by atoms with E-state index in [2.05, 4.69) is 37.5 Å². The second-order valence-electron chi connectivity index (χ2n) is 6.01. The molecule has 0 aliphatic rings. The number of pyridine rings is 1. The highest BCUT2D eigenvalue weighted by Gasteiger charge is 2.07. The Morgan fingerprint density at radius 2 is 2.12 bits per heavy atom. The van der Waals surface area contributed by atoms with Crippen molar-refractivity contribution in [1.29, 1.82) is 0 Å². The third-order valence-electron chi connectivity index (χ3n) is 4.21. The first-order valence-corrected chi connectivity index (χ1v) is 8.45. The minimum atomic E-state index is -0.0138. The average Bonchev–Trinajstić information content (AvgIpc) is 3.33. The van der Waals surface area contributed by atoms with Crippen LogP contribution >= 0.6 is 0 Å². The number of nitrogens with one attached hydrogen (secondary N) is 2. The average molecular weight is 346 g/mol. The van der Waals surface area contributed by atoms with Crippen molar-refractivity contribution < 1.29 is 4.79 Å². The molecular weight excluding hydrogens is 328 g/mol. The number of nitrogens with zero attached hydrogens (tertiary/aromatic N) is 4. The standard InChI is InChI=1S/C19H18N6O/c26-19(7-3-4-14-10-21-17-6-2-1-5-16(14)17)24-15-8-9-18(22-11-15)25-13-20-12-23-25/h1-2,5-6,8-13,21H,3-4,7H2,(H,24,26). The van der Waals surface area contributed by atoms with Crippen LogP contribution in [0.1, 0.15) is 18.4 Å². The van der Waals surface area contributed by atoms with Crippen molar-refractivity contribution in [3.63, 3.8) is 0 Å². The number of amides is 1. The summed E-state index contributed by atoms with van der Waals surface area (Å²) in [5.74, 6) is 0.639. The van der Waals surface area contributed by atoms with E-state index in [1.165, 1.54) is 17.3 Å². The fraction of sp³-hybridized carbons (Fsp3) is 0.158. The summed E-state index contributed by atoms with van der Waals surface area (Å²) >= 11 is 0. The Hall–Kier alpha value is -3.48. The van der Waals surface area contributed by atoms with Gasteiger partial charge in [0.15, 0.2) is 5.82 Å². The Bertz CT molecular complexity index is 1000. The molecule has 0 saturated carbocycles. The lowest BCUT2D eigenvalue weighted by molar-refractivity contribution is -0.116. The predicted octanol–water partition coefficient (Wildman–Crippen LogP) is 3.11. The van der Waals surface area contributed by atoms with Crippen LogP contribution in [0.15, 0.2) is 61.4 Å². The quantitative estimate of drug-likeness (QED) is 0.561. The van der Waals surface area contributed by atoms with E-state index in [9.17, 15) is 4.79 Å². The van der Waals surface area contributed by atoms with Crippen LogP contribution < -0.4 is 5.32 Å². The molecule has 0 unspecified atom stereocenters. The molecule has 4 rings (SSSR count). The van der Waals surface area contributed by atoms with Crippen LogP contribution in [0.3, 0.4) is 0 Å². The molecule has 130 valence electrons. The van der Waals surface area contributed by atoms with Gasteiger partial charge in [0.1, 0.15) is 12.7 Å². The summed E-state index contributed by atoms with van der Waals surface area (Å²) in [6.07, 6.45) is 8.78. The summed E-state index contributed by atoms with van der Waals surface area (Å²) in [6.45, 7) is 0. The third kappa shape index (κ3) is 3.46.